The largest absolute Gasteiger partial charge is 0.308 e. The number of aryl methyl sites for hydroxylation is 1. The predicted molar refractivity (Wildman–Crippen MR) is 60.8 cm³/mol. The van der Waals surface area contributed by atoms with Gasteiger partial charge in [-0.3, -0.25) is 0 Å². The molecule has 0 N–H and O–H groups in total. The molecule has 0 aliphatic carbocycles. The smallest absolute Gasteiger partial charge is 0.0633 e. The molecule has 1 aromatic heterocycles. The molecule has 1 atom stereocenters. The van der Waals surface area contributed by atoms with Gasteiger partial charge in [0, 0.05) is 11.8 Å². The zero-order valence-electron chi connectivity index (χ0n) is 8.12. The molecule has 72 valence electrons. The van der Waals surface area contributed by atoms with Crippen LogP contribution in [-0.4, -0.2) is 30.8 Å². The summed E-state index contributed by atoms with van der Waals surface area (Å²) < 4.78 is 1.55. The second kappa shape index (κ2) is 4.03. The third-order valence-electron chi connectivity index (χ3n) is 2.28. The van der Waals surface area contributed by atoms with Gasteiger partial charge in [-0.25, -0.2) is 0 Å². The van der Waals surface area contributed by atoms with Crippen LogP contribution in [0.4, 0.5) is 0 Å². The van der Waals surface area contributed by atoms with Crippen molar-refractivity contribution in [2.75, 3.05) is 20.6 Å². The zero-order valence-corrected chi connectivity index (χ0v) is 9.75. The van der Waals surface area contributed by atoms with Gasteiger partial charge in [0.2, 0.25) is 0 Å². The average Bonchev–Trinajstić information content (AvgIpc) is 2.49. The minimum atomic E-state index is 0.807. The second-order valence-electron chi connectivity index (χ2n) is 3.77. The number of hydrogen-bond donors (Lipinski definition) is 0. The SMILES string of the molecule is CN(C)CC1CCc2ccsc2S1. The van der Waals surface area contributed by atoms with E-state index in [1.54, 1.807) is 9.77 Å². The zero-order chi connectivity index (χ0) is 9.26. The Morgan fingerprint density at radius 3 is 3.15 bits per heavy atom. The van der Waals surface area contributed by atoms with Gasteiger partial charge >= 0.3 is 0 Å². The molecular formula is C10H15NS2. The van der Waals surface area contributed by atoms with Crippen molar-refractivity contribution in [3.63, 3.8) is 0 Å². The lowest BCUT2D eigenvalue weighted by molar-refractivity contribution is 0.399. The number of rotatable bonds is 2. The van der Waals surface area contributed by atoms with Crippen molar-refractivity contribution in [1.82, 2.24) is 4.90 Å². The molecular weight excluding hydrogens is 198 g/mol. The quantitative estimate of drug-likeness (QED) is 0.743. The summed E-state index contributed by atoms with van der Waals surface area (Å²) in [7, 11) is 4.31. The van der Waals surface area contributed by atoms with Gasteiger partial charge in [0.25, 0.3) is 0 Å². The van der Waals surface area contributed by atoms with Gasteiger partial charge in [-0.2, -0.15) is 0 Å². The van der Waals surface area contributed by atoms with E-state index in [1.807, 2.05) is 11.3 Å². The first kappa shape index (κ1) is 9.56. The molecule has 1 nitrogen and oxygen atoms in total. The normalized spacial score (nSPS) is 21.9. The first-order chi connectivity index (χ1) is 6.25. The first-order valence-electron chi connectivity index (χ1n) is 4.63. The van der Waals surface area contributed by atoms with Crippen molar-refractivity contribution in [3.8, 4) is 0 Å². The Bertz CT molecular complexity index is 280. The fourth-order valence-corrected chi connectivity index (χ4v) is 4.38. The van der Waals surface area contributed by atoms with Crippen molar-refractivity contribution in [3.05, 3.63) is 17.0 Å². The maximum atomic E-state index is 2.29. The van der Waals surface area contributed by atoms with Crippen LogP contribution < -0.4 is 0 Å². The molecule has 0 fully saturated rings. The molecule has 0 radical (unpaired) electrons. The summed E-state index contributed by atoms with van der Waals surface area (Å²) in [4.78, 5) is 2.29. The van der Waals surface area contributed by atoms with Gasteiger partial charge < -0.3 is 4.90 Å². The van der Waals surface area contributed by atoms with Gasteiger partial charge in [0.1, 0.15) is 0 Å². The third kappa shape index (κ3) is 2.27. The van der Waals surface area contributed by atoms with Gasteiger partial charge in [0.05, 0.1) is 4.21 Å². The van der Waals surface area contributed by atoms with Crippen molar-refractivity contribution >= 4 is 23.1 Å². The second-order valence-corrected chi connectivity index (χ2v) is 6.26. The Morgan fingerprint density at radius 2 is 2.38 bits per heavy atom. The van der Waals surface area contributed by atoms with E-state index in [0.29, 0.717) is 0 Å². The molecule has 0 bridgehead atoms. The van der Waals surface area contributed by atoms with Crippen LogP contribution in [0.3, 0.4) is 0 Å². The summed E-state index contributed by atoms with van der Waals surface area (Å²) in [5.74, 6) is 0. The molecule has 0 saturated carbocycles. The summed E-state index contributed by atoms with van der Waals surface area (Å²) in [5.41, 5.74) is 1.57. The van der Waals surface area contributed by atoms with E-state index in [-0.39, 0.29) is 0 Å². The molecule has 1 unspecified atom stereocenters. The minimum Gasteiger partial charge on any atom is -0.308 e. The Kier molecular flexibility index (Phi) is 2.96. The van der Waals surface area contributed by atoms with Crippen LogP contribution in [0.25, 0.3) is 0 Å². The lowest BCUT2D eigenvalue weighted by Crippen LogP contribution is -2.25. The average molecular weight is 213 g/mol. The fraction of sp³-hybridized carbons (Fsp3) is 0.600. The summed E-state index contributed by atoms with van der Waals surface area (Å²) in [5, 5.41) is 3.02. The maximum Gasteiger partial charge on any atom is 0.0633 e. The van der Waals surface area contributed by atoms with Crippen molar-refractivity contribution < 1.29 is 0 Å². The van der Waals surface area contributed by atoms with E-state index in [1.165, 1.54) is 19.4 Å². The highest BCUT2D eigenvalue weighted by Crippen LogP contribution is 2.38. The van der Waals surface area contributed by atoms with E-state index in [2.05, 4.69) is 42.2 Å². The Morgan fingerprint density at radius 1 is 1.54 bits per heavy atom. The molecule has 0 spiro atoms. The van der Waals surface area contributed by atoms with Crippen molar-refractivity contribution in [1.29, 1.82) is 0 Å². The number of thiophene rings is 1. The van der Waals surface area contributed by atoms with Crippen molar-refractivity contribution in [2.45, 2.75) is 22.3 Å². The molecule has 13 heavy (non-hydrogen) atoms. The summed E-state index contributed by atoms with van der Waals surface area (Å²) in [6, 6.07) is 2.28. The van der Waals surface area contributed by atoms with Crippen molar-refractivity contribution in [2.24, 2.45) is 0 Å². The first-order valence-corrected chi connectivity index (χ1v) is 6.39. The number of fused-ring (bicyclic) bond motifs is 1. The van der Waals surface area contributed by atoms with E-state index in [4.69, 9.17) is 0 Å². The molecule has 3 heteroatoms. The highest BCUT2D eigenvalue weighted by atomic mass is 32.2. The van der Waals surface area contributed by atoms with Crippen LogP contribution >= 0.6 is 23.1 Å². The Balaban J connectivity index is 2.00. The highest BCUT2D eigenvalue weighted by Gasteiger charge is 2.20. The van der Waals surface area contributed by atoms with E-state index in [9.17, 15) is 0 Å². The monoisotopic (exact) mass is 213 g/mol. The summed E-state index contributed by atoms with van der Waals surface area (Å²) in [6.45, 7) is 1.21. The predicted octanol–water partition coefficient (Wildman–Crippen LogP) is 2.72. The summed E-state index contributed by atoms with van der Waals surface area (Å²) >= 11 is 3.97. The maximum absolute atomic E-state index is 2.29. The van der Waals surface area contributed by atoms with Gasteiger partial charge in [0.15, 0.2) is 0 Å². The molecule has 1 aliphatic rings. The topological polar surface area (TPSA) is 3.24 Å². The molecule has 0 saturated heterocycles. The molecule has 0 aromatic carbocycles. The standard InChI is InChI=1S/C10H15NS2/c1-11(2)7-9-4-3-8-5-6-12-10(8)13-9/h5-6,9H,3-4,7H2,1-2H3. The van der Waals surface area contributed by atoms with Crippen LogP contribution in [-0.2, 0) is 6.42 Å². The van der Waals surface area contributed by atoms with Crippen LogP contribution in [0.5, 0.6) is 0 Å². The molecule has 2 rings (SSSR count). The van der Waals surface area contributed by atoms with E-state index in [0.717, 1.165) is 5.25 Å². The van der Waals surface area contributed by atoms with Gasteiger partial charge in [-0.15, -0.1) is 23.1 Å². The van der Waals surface area contributed by atoms with Crippen LogP contribution in [0.15, 0.2) is 15.7 Å². The van der Waals surface area contributed by atoms with E-state index >= 15 is 0 Å². The molecule has 1 aromatic rings. The molecule has 1 aliphatic heterocycles. The highest BCUT2D eigenvalue weighted by molar-refractivity contribution is 8.01. The molecule has 2 heterocycles. The lowest BCUT2D eigenvalue weighted by Gasteiger charge is -2.24. The van der Waals surface area contributed by atoms with E-state index < -0.39 is 0 Å². The Hall–Kier alpha value is 0.01000. The third-order valence-corrected chi connectivity index (χ3v) is 4.80. The fourth-order valence-electron chi connectivity index (χ4n) is 1.67. The summed E-state index contributed by atoms with van der Waals surface area (Å²) in [6.07, 6.45) is 2.62. The molecule has 0 amide bonds. The van der Waals surface area contributed by atoms with Crippen LogP contribution in [0.1, 0.15) is 12.0 Å². The Labute approximate surface area is 88.1 Å². The number of thioether (sulfide) groups is 1. The number of nitrogens with zero attached hydrogens (tertiary/aromatic N) is 1. The van der Waals surface area contributed by atoms with Crippen LogP contribution in [0, 0.1) is 0 Å². The van der Waals surface area contributed by atoms with Gasteiger partial charge in [-0.1, -0.05) is 0 Å². The van der Waals surface area contributed by atoms with Gasteiger partial charge in [-0.05, 0) is 43.9 Å². The number of hydrogen-bond acceptors (Lipinski definition) is 3. The minimum absolute atomic E-state index is 0.807. The van der Waals surface area contributed by atoms with Crippen LogP contribution in [0.2, 0.25) is 0 Å². The lowest BCUT2D eigenvalue weighted by atomic mass is 10.1.